The van der Waals surface area contributed by atoms with E-state index in [4.69, 9.17) is 21.1 Å². The van der Waals surface area contributed by atoms with Gasteiger partial charge in [0.2, 0.25) is 0 Å². The van der Waals surface area contributed by atoms with Gasteiger partial charge in [-0.15, -0.1) is 0 Å². The van der Waals surface area contributed by atoms with Gasteiger partial charge in [0.15, 0.2) is 5.82 Å². The van der Waals surface area contributed by atoms with E-state index in [1.165, 1.54) is 19.6 Å². The Morgan fingerprint density at radius 2 is 1.74 bits per heavy atom. The Balaban J connectivity index is 1.56. The molecular weight excluding hydrogens is 468 g/mol. The summed E-state index contributed by atoms with van der Waals surface area (Å²) in [6, 6.07) is 14.1. The summed E-state index contributed by atoms with van der Waals surface area (Å²) in [5, 5.41) is 10.8. The van der Waals surface area contributed by atoms with E-state index in [0.29, 0.717) is 28.6 Å². The van der Waals surface area contributed by atoms with Crippen molar-refractivity contribution in [1.82, 2.24) is 15.1 Å². The molecule has 1 saturated carbocycles. The molecule has 1 heterocycles. The number of benzene rings is 2. The number of nitrogens with zero attached hydrogens (tertiary/aromatic N) is 2. The van der Waals surface area contributed by atoms with Crippen LogP contribution in [0, 0.1) is 0 Å². The number of rotatable bonds is 8. The smallest absolute Gasteiger partial charge is 0.269 e. The molecule has 1 aliphatic rings. The van der Waals surface area contributed by atoms with Crippen molar-refractivity contribution in [2.75, 3.05) is 19.5 Å². The van der Waals surface area contributed by atoms with Crippen LogP contribution in [0.15, 0.2) is 48.5 Å². The fourth-order valence-electron chi connectivity index (χ4n) is 4.19. The summed E-state index contributed by atoms with van der Waals surface area (Å²) in [5.41, 5.74) is 1.68. The molecular formula is C26H29ClN4O4. The SMILES string of the molecule is COc1ccc(Cn2nc(NC(=O)c3ccc(OC)c(Cl)c3)cc2C(=O)NC2CCCCC2)cc1. The minimum absolute atomic E-state index is 0.153. The van der Waals surface area contributed by atoms with Crippen molar-refractivity contribution >= 4 is 29.2 Å². The minimum atomic E-state index is -0.386. The molecule has 2 N–H and O–H groups in total. The molecule has 35 heavy (non-hydrogen) atoms. The maximum absolute atomic E-state index is 13.2. The van der Waals surface area contributed by atoms with Crippen LogP contribution in [-0.2, 0) is 6.54 Å². The molecule has 1 aliphatic carbocycles. The van der Waals surface area contributed by atoms with E-state index in [-0.39, 0.29) is 23.7 Å². The number of carbonyl (C=O) groups excluding carboxylic acids is 2. The van der Waals surface area contributed by atoms with Gasteiger partial charge in [-0.25, -0.2) is 0 Å². The maximum atomic E-state index is 13.2. The first-order valence-corrected chi connectivity index (χ1v) is 12.0. The fraction of sp³-hybridized carbons (Fsp3) is 0.346. The third kappa shape index (κ3) is 6.14. The summed E-state index contributed by atoms with van der Waals surface area (Å²) in [7, 11) is 3.12. The number of hydrogen-bond donors (Lipinski definition) is 2. The molecule has 4 rings (SSSR count). The molecule has 2 amide bonds. The monoisotopic (exact) mass is 496 g/mol. The predicted molar refractivity (Wildman–Crippen MR) is 135 cm³/mol. The normalized spacial score (nSPS) is 13.8. The predicted octanol–water partition coefficient (Wildman–Crippen LogP) is 4.92. The summed E-state index contributed by atoms with van der Waals surface area (Å²) >= 11 is 6.17. The minimum Gasteiger partial charge on any atom is -0.497 e. The molecule has 0 bridgehead atoms. The quantitative estimate of drug-likeness (QED) is 0.461. The zero-order valence-corrected chi connectivity index (χ0v) is 20.6. The lowest BCUT2D eigenvalue weighted by Gasteiger charge is -2.22. The highest BCUT2D eigenvalue weighted by Crippen LogP contribution is 2.25. The molecule has 1 fully saturated rings. The Labute approximate surface area is 209 Å². The van der Waals surface area contributed by atoms with Gasteiger partial charge in [0, 0.05) is 17.7 Å². The zero-order chi connectivity index (χ0) is 24.8. The van der Waals surface area contributed by atoms with E-state index in [2.05, 4.69) is 15.7 Å². The Bertz CT molecular complexity index is 1190. The lowest BCUT2D eigenvalue weighted by Crippen LogP contribution is -2.37. The number of amides is 2. The van der Waals surface area contributed by atoms with E-state index in [1.807, 2.05) is 24.3 Å². The summed E-state index contributed by atoms with van der Waals surface area (Å²) < 4.78 is 12.0. The number of carbonyl (C=O) groups is 2. The number of halogens is 1. The Morgan fingerprint density at radius 1 is 1.00 bits per heavy atom. The lowest BCUT2D eigenvalue weighted by atomic mass is 9.95. The van der Waals surface area contributed by atoms with Crippen LogP contribution in [0.1, 0.15) is 58.5 Å². The second-order valence-corrected chi connectivity index (χ2v) is 8.94. The standard InChI is InChI=1S/C26H29ClN4O4/c1-34-20-11-8-17(9-12-20)16-31-22(26(33)28-19-6-4-3-5-7-19)15-24(30-31)29-25(32)18-10-13-23(35-2)21(27)14-18/h8-15,19H,3-7,16H2,1-2H3,(H,28,33)(H,29,30,32). The average Bonchev–Trinajstić information content (AvgIpc) is 3.27. The summed E-state index contributed by atoms with van der Waals surface area (Å²) in [5.74, 6) is 0.919. The molecule has 0 saturated heterocycles. The highest BCUT2D eigenvalue weighted by molar-refractivity contribution is 6.32. The lowest BCUT2D eigenvalue weighted by molar-refractivity contribution is 0.0916. The van der Waals surface area contributed by atoms with E-state index >= 15 is 0 Å². The van der Waals surface area contributed by atoms with Crippen LogP contribution in [0.5, 0.6) is 11.5 Å². The van der Waals surface area contributed by atoms with Crippen LogP contribution in [0.25, 0.3) is 0 Å². The molecule has 0 spiro atoms. The highest BCUT2D eigenvalue weighted by atomic mass is 35.5. The molecule has 2 aromatic carbocycles. The first-order chi connectivity index (χ1) is 17.0. The van der Waals surface area contributed by atoms with Gasteiger partial charge in [-0.2, -0.15) is 5.10 Å². The molecule has 0 aliphatic heterocycles. The van der Waals surface area contributed by atoms with Crippen molar-refractivity contribution in [3.63, 3.8) is 0 Å². The van der Waals surface area contributed by atoms with Crippen LogP contribution in [0.3, 0.4) is 0 Å². The Morgan fingerprint density at radius 3 is 2.40 bits per heavy atom. The molecule has 184 valence electrons. The summed E-state index contributed by atoms with van der Waals surface area (Å²) in [6.07, 6.45) is 5.37. The van der Waals surface area contributed by atoms with E-state index in [1.54, 1.807) is 30.0 Å². The highest BCUT2D eigenvalue weighted by Gasteiger charge is 2.22. The summed E-state index contributed by atoms with van der Waals surface area (Å²) in [4.78, 5) is 26.0. The van der Waals surface area contributed by atoms with Gasteiger partial charge in [-0.1, -0.05) is 43.0 Å². The Hall–Kier alpha value is -3.52. The topological polar surface area (TPSA) is 94.5 Å². The van der Waals surface area contributed by atoms with Gasteiger partial charge in [0.25, 0.3) is 11.8 Å². The number of anilines is 1. The Kier molecular flexibility index (Phi) is 7.92. The average molecular weight is 497 g/mol. The zero-order valence-electron chi connectivity index (χ0n) is 19.8. The van der Waals surface area contributed by atoms with Gasteiger partial charge in [0.05, 0.1) is 25.8 Å². The van der Waals surface area contributed by atoms with Crippen molar-refractivity contribution in [2.45, 2.75) is 44.7 Å². The molecule has 0 radical (unpaired) electrons. The molecule has 0 unspecified atom stereocenters. The first kappa shape index (κ1) is 24.6. The number of methoxy groups -OCH3 is 2. The second-order valence-electron chi connectivity index (χ2n) is 8.53. The van der Waals surface area contributed by atoms with Crippen molar-refractivity contribution in [3.05, 3.63) is 70.4 Å². The van der Waals surface area contributed by atoms with Gasteiger partial charge in [0.1, 0.15) is 17.2 Å². The van der Waals surface area contributed by atoms with Crippen molar-refractivity contribution in [3.8, 4) is 11.5 Å². The number of hydrogen-bond acceptors (Lipinski definition) is 5. The molecule has 9 heteroatoms. The van der Waals surface area contributed by atoms with Crippen LogP contribution >= 0.6 is 11.6 Å². The van der Waals surface area contributed by atoms with E-state index in [9.17, 15) is 9.59 Å². The van der Waals surface area contributed by atoms with Gasteiger partial charge in [-0.3, -0.25) is 14.3 Å². The molecule has 0 atom stereocenters. The van der Waals surface area contributed by atoms with Crippen LogP contribution < -0.4 is 20.1 Å². The van der Waals surface area contributed by atoms with Gasteiger partial charge < -0.3 is 20.1 Å². The second kappa shape index (κ2) is 11.3. The third-order valence-corrected chi connectivity index (χ3v) is 6.40. The van der Waals surface area contributed by atoms with Crippen molar-refractivity contribution in [2.24, 2.45) is 0 Å². The number of aromatic nitrogens is 2. The molecule has 3 aromatic rings. The molecule has 8 nitrogen and oxygen atoms in total. The first-order valence-electron chi connectivity index (χ1n) is 11.6. The van der Waals surface area contributed by atoms with Crippen molar-refractivity contribution in [1.29, 1.82) is 0 Å². The van der Waals surface area contributed by atoms with E-state index in [0.717, 1.165) is 37.0 Å². The van der Waals surface area contributed by atoms with Gasteiger partial charge >= 0.3 is 0 Å². The fourth-order valence-corrected chi connectivity index (χ4v) is 4.45. The maximum Gasteiger partial charge on any atom is 0.269 e. The van der Waals surface area contributed by atoms with Crippen LogP contribution in [-0.4, -0.2) is 41.9 Å². The van der Waals surface area contributed by atoms with Gasteiger partial charge in [-0.05, 0) is 48.7 Å². The third-order valence-electron chi connectivity index (χ3n) is 6.10. The van der Waals surface area contributed by atoms with E-state index < -0.39 is 0 Å². The van der Waals surface area contributed by atoms with Crippen molar-refractivity contribution < 1.29 is 19.1 Å². The molecule has 1 aromatic heterocycles. The summed E-state index contributed by atoms with van der Waals surface area (Å²) in [6.45, 7) is 0.363. The largest absolute Gasteiger partial charge is 0.497 e. The van der Waals surface area contributed by atoms with Crippen LogP contribution in [0.2, 0.25) is 5.02 Å². The van der Waals surface area contributed by atoms with Crippen LogP contribution in [0.4, 0.5) is 5.82 Å². The number of nitrogens with one attached hydrogen (secondary N) is 2. The number of ether oxygens (including phenoxy) is 2.